The Kier molecular flexibility index (Phi) is 4.73. The summed E-state index contributed by atoms with van der Waals surface area (Å²) in [6.07, 6.45) is 4.12. The molecule has 1 N–H and O–H groups in total. The zero-order valence-corrected chi connectivity index (χ0v) is 12.2. The zero-order valence-electron chi connectivity index (χ0n) is 12.2. The molecule has 1 aromatic heterocycles. The predicted molar refractivity (Wildman–Crippen MR) is 81.6 cm³/mol. The first-order valence-electron chi connectivity index (χ1n) is 6.65. The van der Waals surface area contributed by atoms with Crippen molar-refractivity contribution in [3.05, 3.63) is 51.8 Å². The van der Waals surface area contributed by atoms with Crippen LogP contribution in [0, 0.1) is 0 Å². The first kappa shape index (κ1) is 15.5. The second-order valence-electron chi connectivity index (χ2n) is 4.41. The number of carbonyl (C=O) groups is 2. The van der Waals surface area contributed by atoms with Crippen LogP contribution in [0.25, 0.3) is 17.0 Å². The molecule has 0 unspecified atom stereocenters. The van der Waals surface area contributed by atoms with Gasteiger partial charge in [0.2, 0.25) is 5.43 Å². The molecule has 6 heteroatoms. The molecule has 0 saturated heterocycles. The number of H-pyrrole nitrogens is 1. The third-order valence-electron chi connectivity index (χ3n) is 3.01. The Bertz CT molecular complexity index is 804. The lowest BCUT2D eigenvalue weighted by atomic mass is 10.1. The van der Waals surface area contributed by atoms with Crippen molar-refractivity contribution in [3.8, 4) is 0 Å². The molecule has 0 aliphatic rings. The van der Waals surface area contributed by atoms with Gasteiger partial charge in [-0.3, -0.25) is 4.79 Å². The Hall–Kier alpha value is -2.89. The molecule has 114 valence electrons. The molecule has 0 amide bonds. The number of methoxy groups -OCH3 is 1. The number of rotatable bonds is 4. The smallest absolute Gasteiger partial charge is 0.343 e. The zero-order chi connectivity index (χ0) is 16.1. The highest BCUT2D eigenvalue weighted by Gasteiger charge is 2.13. The number of fused-ring (bicyclic) bond motifs is 1. The first-order chi connectivity index (χ1) is 10.6. The minimum absolute atomic E-state index is 0.0524. The second-order valence-corrected chi connectivity index (χ2v) is 4.41. The molecule has 0 saturated carbocycles. The van der Waals surface area contributed by atoms with Gasteiger partial charge in [-0.15, -0.1) is 0 Å². The number of esters is 2. The average molecular weight is 301 g/mol. The van der Waals surface area contributed by atoms with Gasteiger partial charge in [-0.2, -0.15) is 0 Å². The van der Waals surface area contributed by atoms with Crippen LogP contribution in [-0.4, -0.2) is 30.6 Å². The number of hydrogen-bond donors (Lipinski definition) is 1. The fourth-order valence-corrected chi connectivity index (χ4v) is 1.93. The first-order valence-corrected chi connectivity index (χ1v) is 6.65. The van der Waals surface area contributed by atoms with Crippen LogP contribution >= 0.6 is 0 Å². The van der Waals surface area contributed by atoms with Gasteiger partial charge in [0.15, 0.2) is 0 Å². The van der Waals surface area contributed by atoms with E-state index >= 15 is 0 Å². The molecule has 2 rings (SSSR count). The summed E-state index contributed by atoms with van der Waals surface area (Å²) >= 11 is 0. The molecule has 1 aromatic carbocycles. The van der Waals surface area contributed by atoms with Crippen molar-refractivity contribution < 1.29 is 19.1 Å². The Morgan fingerprint density at radius 3 is 2.77 bits per heavy atom. The lowest BCUT2D eigenvalue weighted by molar-refractivity contribution is -0.134. The lowest BCUT2D eigenvalue weighted by Crippen LogP contribution is -2.18. The van der Waals surface area contributed by atoms with Crippen molar-refractivity contribution in [3.63, 3.8) is 0 Å². The van der Waals surface area contributed by atoms with E-state index in [-0.39, 0.29) is 12.2 Å². The van der Waals surface area contributed by atoms with Gasteiger partial charge in [0, 0.05) is 23.2 Å². The van der Waals surface area contributed by atoms with Crippen LogP contribution in [0.1, 0.15) is 22.8 Å². The maximum Gasteiger partial charge on any atom is 0.343 e. The van der Waals surface area contributed by atoms with Crippen LogP contribution in [0.15, 0.2) is 35.3 Å². The number of aromatic amines is 1. The summed E-state index contributed by atoms with van der Waals surface area (Å²) in [6.45, 7) is 1.86. The summed E-state index contributed by atoms with van der Waals surface area (Å²) in [5.41, 5.74) is 0.765. The summed E-state index contributed by atoms with van der Waals surface area (Å²) in [7, 11) is 1.28. The highest BCUT2D eigenvalue weighted by molar-refractivity contribution is 5.94. The van der Waals surface area contributed by atoms with Gasteiger partial charge in [0.25, 0.3) is 0 Å². The highest BCUT2D eigenvalue weighted by atomic mass is 16.5. The van der Waals surface area contributed by atoms with Crippen LogP contribution in [0.3, 0.4) is 0 Å². The van der Waals surface area contributed by atoms with E-state index in [0.717, 1.165) is 0 Å². The highest BCUT2D eigenvalue weighted by Crippen LogP contribution is 2.13. The molecular formula is C16H15NO5. The molecule has 0 aliphatic carbocycles. The molecule has 0 radical (unpaired) electrons. The molecule has 1 heterocycles. The second kappa shape index (κ2) is 6.71. The average Bonchev–Trinajstić information content (AvgIpc) is 2.53. The number of hydrogen-bond acceptors (Lipinski definition) is 5. The van der Waals surface area contributed by atoms with Gasteiger partial charge < -0.3 is 14.5 Å². The third-order valence-corrected chi connectivity index (χ3v) is 3.01. The number of benzene rings is 1. The maximum atomic E-state index is 12.4. The molecule has 0 atom stereocenters. The van der Waals surface area contributed by atoms with Gasteiger partial charge >= 0.3 is 11.9 Å². The van der Waals surface area contributed by atoms with Gasteiger partial charge in [-0.1, -0.05) is 6.07 Å². The number of pyridine rings is 1. The summed E-state index contributed by atoms with van der Waals surface area (Å²) in [6, 6.07) is 5.03. The van der Waals surface area contributed by atoms with Gasteiger partial charge in [-0.05, 0) is 30.7 Å². The standard InChI is InChI=1S/C16H15NO5/c1-3-22-16(20)12-9-17-13-6-4-10(5-7-14(18)21-2)8-11(13)15(12)19/h4-9H,3H2,1-2H3,(H,17,19). The summed E-state index contributed by atoms with van der Waals surface area (Å²) < 4.78 is 9.35. The van der Waals surface area contributed by atoms with Crippen LogP contribution < -0.4 is 5.43 Å². The van der Waals surface area contributed by atoms with Crippen LogP contribution in [0.4, 0.5) is 0 Å². The van der Waals surface area contributed by atoms with Crippen LogP contribution in [-0.2, 0) is 14.3 Å². The lowest BCUT2D eigenvalue weighted by Gasteiger charge is -2.04. The van der Waals surface area contributed by atoms with Crippen molar-refractivity contribution in [2.24, 2.45) is 0 Å². The van der Waals surface area contributed by atoms with Gasteiger partial charge in [-0.25, -0.2) is 9.59 Å². The largest absolute Gasteiger partial charge is 0.466 e. The fraction of sp³-hybridized carbons (Fsp3) is 0.188. The quantitative estimate of drug-likeness (QED) is 0.688. The van der Waals surface area contributed by atoms with E-state index in [4.69, 9.17) is 4.74 Å². The molecule has 0 bridgehead atoms. The minimum atomic E-state index is -0.666. The van der Waals surface area contributed by atoms with Crippen molar-refractivity contribution in [2.45, 2.75) is 6.92 Å². The Morgan fingerprint density at radius 1 is 1.32 bits per heavy atom. The van der Waals surface area contributed by atoms with Gasteiger partial charge in [0.1, 0.15) is 5.56 Å². The van der Waals surface area contributed by atoms with Crippen molar-refractivity contribution in [2.75, 3.05) is 13.7 Å². The number of aromatic nitrogens is 1. The predicted octanol–water partition coefficient (Wildman–Crippen LogP) is 1.89. The summed E-state index contributed by atoms with van der Waals surface area (Å²) in [4.78, 5) is 38.1. The Morgan fingerprint density at radius 2 is 2.09 bits per heavy atom. The van der Waals surface area contributed by atoms with E-state index in [1.807, 2.05) is 0 Å². The Balaban J connectivity index is 2.48. The third kappa shape index (κ3) is 3.22. The molecule has 0 aliphatic heterocycles. The molecule has 0 fully saturated rings. The summed E-state index contributed by atoms with van der Waals surface area (Å²) in [5, 5.41) is 0.345. The van der Waals surface area contributed by atoms with E-state index in [9.17, 15) is 14.4 Å². The molecule has 6 nitrogen and oxygen atoms in total. The molecule has 2 aromatic rings. The van der Waals surface area contributed by atoms with Crippen LogP contribution in [0.2, 0.25) is 0 Å². The van der Waals surface area contributed by atoms with Crippen molar-refractivity contribution in [1.29, 1.82) is 0 Å². The van der Waals surface area contributed by atoms with Crippen molar-refractivity contribution in [1.82, 2.24) is 4.98 Å². The minimum Gasteiger partial charge on any atom is -0.466 e. The van der Waals surface area contributed by atoms with Crippen LogP contribution in [0.5, 0.6) is 0 Å². The maximum absolute atomic E-state index is 12.4. The van der Waals surface area contributed by atoms with E-state index in [0.29, 0.717) is 16.5 Å². The van der Waals surface area contributed by atoms with E-state index in [2.05, 4.69) is 9.72 Å². The topological polar surface area (TPSA) is 85.5 Å². The Labute approximate surface area is 126 Å². The fourth-order valence-electron chi connectivity index (χ4n) is 1.93. The van der Waals surface area contributed by atoms with E-state index in [1.165, 1.54) is 25.5 Å². The number of carbonyl (C=O) groups excluding carboxylic acids is 2. The van der Waals surface area contributed by atoms with E-state index in [1.54, 1.807) is 25.1 Å². The molecule has 0 spiro atoms. The van der Waals surface area contributed by atoms with Crippen molar-refractivity contribution >= 4 is 28.9 Å². The number of ether oxygens (including phenoxy) is 2. The SMILES string of the molecule is CCOC(=O)c1c[nH]c2ccc(C=CC(=O)OC)cc2c1=O. The monoisotopic (exact) mass is 301 g/mol. The van der Waals surface area contributed by atoms with Gasteiger partial charge in [0.05, 0.1) is 13.7 Å². The number of nitrogens with one attached hydrogen (secondary N) is 1. The summed E-state index contributed by atoms with van der Waals surface area (Å²) in [5.74, 6) is -1.16. The van der Waals surface area contributed by atoms with E-state index < -0.39 is 17.4 Å². The normalized spacial score (nSPS) is 10.8. The molecule has 22 heavy (non-hydrogen) atoms. The molecular weight excluding hydrogens is 286 g/mol.